The second-order valence-corrected chi connectivity index (χ2v) is 5.59. The number of para-hydroxylation sites is 1. The molecule has 2 aromatic carbocycles. The van der Waals surface area contributed by atoms with Gasteiger partial charge in [-0.1, -0.05) is 31.2 Å². The molecule has 0 spiro atoms. The molecule has 112 valence electrons. The molecule has 0 saturated carbocycles. The van der Waals surface area contributed by atoms with Crippen molar-refractivity contribution in [1.29, 1.82) is 0 Å². The molecule has 3 heteroatoms. The first-order chi connectivity index (χ1) is 10.1. The van der Waals surface area contributed by atoms with Crippen LogP contribution in [0.2, 0.25) is 0 Å². The van der Waals surface area contributed by atoms with Crippen molar-refractivity contribution >= 4 is 0 Å². The van der Waals surface area contributed by atoms with Crippen molar-refractivity contribution in [3.05, 3.63) is 59.9 Å². The predicted molar refractivity (Wildman–Crippen MR) is 84.5 cm³/mol. The van der Waals surface area contributed by atoms with Gasteiger partial charge >= 0.3 is 0 Å². The van der Waals surface area contributed by atoms with Crippen molar-refractivity contribution in [2.24, 2.45) is 0 Å². The van der Waals surface area contributed by atoms with E-state index in [4.69, 9.17) is 4.74 Å². The molecule has 2 aromatic rings. The molecule has 1 atom stereocenters. The molecule has 0 aliphatic heterocycles. The van der Waals surface area contributed by atoms with Gasteiger partial charge in [0, 0.05) is 0 Å². The Bertz CT molecular complexity index is 566. The van der Waals surface area contributed by atoms with Gasteiger partial charge in [0.15, 0.2) is 11.6 Å². The first-order valence-electron chi connectivity index (χ1n) is 7.23. The molecule has 0 fully saturated rings. The third-order valence-corrected chi connectivity index (χ3v) is 3.52. The highest BCUT2D eigenvalue weighted by Crippen LogP contribution is 2.26. The molecule has 0 saturated heterocycles. The predicted octanol–water partition coefficient (Wildman–Crippen LogP) is 4.67. The van der Waals surface area contributed by atoms with Gasteiger partial charge in [-0.25, -0.2) is 4.39 Å². The van der Waals surface area contributed by atoms with Crippen LogP contribution in [-0.4, -0.2) is 25.5 Å². The van der Waals surface area contributed by atoms with E-state index in [0.717, 1.165) is 13.0 Å². The van der Waals surface area contributed by atoms with Gasteiger partial charge in [-0.2, -0.15) is 0 Å². The van der Waals surface area contributed by atoms with Crippen LogP contribution in [0.3, 0.4) is 0 Å². The maximum Gasteiger partial charge on any atom is 0.165 e. The van der Waals surface area contributed by atoms with E-state index in [1.807, 2.05) is 12.1 Å². The molecule has 2 rings (SSSR count). The van der Waals surface area contributed by atoms with E-state index >= 15 is 0 Å². The van der Waals surface area contributed by atoms with E-state index < -0.39 is 0 Å². The van der Waals surface area contributed by atoms with Crippen molar-refractivity contribution in [2.75, 3.05) is 20.6 Å². The highest BCUT2D eigenvalue weighted by Gasteiger charge is 2.07. The number of hydrogen-bond donors (Lipinski definition) is 0. The lowest BCUT2D eigenvalue weighted by atomic mass is 9.97. The summed E-state index contributed by atoms with van der Waals surface area (Å²) < 4.78 is 19.1. The van der Waals surface area contributed by atoms with E-state index in [1.165, 1.54) is 11.6 Å². The molecular weight excluding hydrogens is 265 g/mol. The third-order valence-electron chi connectivity index (χ3n) is 3.52. The first-order valence-corrected chi connectivity index (χ1v) is 7.23. The molecule has 1 unspecified atom stereocenters. The summed E-state index contributed by atoms with van der Waals surface area (Å²) >= 11 is 0. The van der Waals surface area contributed by atoms with E-state index in [1.54, 1.807) is 18.2 Å². The van der Waals surface area contributed by atoms with Crippen LogP contribution in [0.15, 0.2) is 48.5 Å². The Morgan fingerprint density at radius 3 is 2.33 bits per heavy atom. The molecule has 0 bridgehead atoms. The fraction of sp³-hybridized carbons (Fsp3) is 0.333. The molecule has 0 aliphatic carbocycles. The van der Waals surface area contributed by atoms with Crippen LogP contribution in [0.4, 0.5) is 4.39 Å². The van der Waals surface area contributed by atoms with Crippen LogP contribution >= 0.6 is 0 Å². The number of rotatable bonds is 6. The minimum Gasteiger partial charge on any atom is -0.454 e. The number of ether oxygens (including phenoxy) is 1. The highest BCUT2D eigenvalue weighted by molar-refractivity contribution is 5.34. The van der Waals surface area contributed by atoms with Gasteiger partial charge in [0.05, 0.1) is 0 Å². The number of halogens is 1. The summed E-state index contributed by atoms with van der Waals surface area (Å²) in [7, 11) is 4.16. The van der Waals surface area contributed by atoms with Crippen LogP contribution in [0, 0.1) is 5.82 Å². The average Bonchev–Trinajstić information content (AvgIpc) is 2.48. The van der Waals surface area contributed by atoms with Crippen molar-refractivity contribution in [1.82, 2.24) is 4.90 Å². The lowest BCUT2D eigenvalue weighted by molar-refractivity contribution is 0.386. The van der Waals surface area contributed by atoms with Crippen molar-refractivity contribution in [2.45, 2.75) is 19.3 Å². The van der Waals surface area contributed by atoms with Crippen LogP contribution in [0.25, 0.3) is 0 Å². The largest absolute Gasteiger partial charge is 0.454 e. The molecule has 2 nitrogen and oxygen atoms in total. The minimum absolute atomic E-state index is 0.255. The average molecular weight is 287 g/mol. The Morgan fingerprint density at radius 1 is 1.05 bits per heavy atom. The minimum atomic E-state index is -0.346. The van der Waals surface area contributed by atoms with Gasteiger partial charge in [-0.05, 0) is 62.8 Å². The Labute approximate surface area is 126 Å². The lowest BCUT2D eigenvalue weighted by Crippen LogP contribution is -2.14. The zero-order valence-electron chi connectivity index (χ0n) is 12.8. The summed E-state index contributed by atoms with van der Waals surface area (Å²) in [5.41, 5.74) is 1.28. The lowest BCUT2D eigenvalue weighted by Gasteiger charge is -2.16. The summed E-state index contributed by atoms with van der Waals surface area (Å²) in [6.45, 7) is 3.28. The fourth-order valence-electron chi connectivity index (χ4n) is 2.14. The van der Waals surface area contributed by atoms with E-state index in [9.17, 15) is 4.39 Å². The highest BCUT2D eigenvalue weighted by atomic mass is 19.1. The van der Waals surface area contributed by atoms with Gasteiger partial charge in [0.25, 0.3) is 0 Å². The molecule has 0 radical (unpaired) electrons. The number of nitrogens with zero attached hydrogens (tertiary/aromatic N) is 1. The van der Waals surface area contributed by atoms with Crippen molar-refractivity contribution < 1.29 is 9.13 Å². The quantitative estimate of drug-likeness (QED) is 0.765. The summed E-state index contributed by atoms with van der Waals surface area (Å²) in [4.78, 5) is 2.19. The molecule has 0 aromatic heterocycles. The normalized spacial score (nSPS) is 12.4. The van der Waals surface area contributed by atoms with Gasteiger partial charge in [-0.15, -0.1) is 0 Å². The monoisotopic (exact) mass is 287 g/mol. The van der Waals surface area contributed by atoms with Gasteiger partial charge in [-0.3, -0.25) is 0 Å². The van der Waals surface area contributed by atoms with Crippen LogP contribution < -0.4 is 4.74 Å². The van der Waals surface area contributed by atoms with E-state index in [2.05, 4.69) is 38.1 Å². The summed E-state index contributed by atoms with van der Waals surface area (Å²) in [6, 6.07) is 14.3. The van der Waals surface area contributed by atoms with Crippen molar-refractivity contribution in [3.63, 3.8) is 0 Å². The topological polar surface area (TPSA) is 12.5 Å². The Hall–Kier alpha value is -1.87. The molecule has 0 heterocycles. The first kappa shape index (κ1) is 15.5. The zero-order valence-corrected chi connectivity index (χ0v) is 12.8. The molecule has 0 amide bonds. The second kappa shape index (κ2) is 7.23. The Balaban J connectivity index is 2.00. The maximum atomic E-state index is 13.5. The Kier molecular flexibility index (Phi) is 5.34. The van der Waals surface area contributed by atoms with Gasteiger partial charge < -0.3 is 9.64 Å². The molecule has 0 N–H and O–H groups in total. The number of hydrogen-bond acceptors (Lipinski definition) is 2. The SMILES string of the molecule is CC(CCN(C)C)c1ccc(Oc2ccccc2F)cc1. The summed E-state index contributed by atoms with van der Waals surface area (Å²) in [6.07, 6.45) is 1.11. The summed E-state index contributed by atoms with van der Waals surface area (Å²) in [5.74, 6) is 1.06. The second-order valence-electron chi connectivity index (χ2n) is 5.59. The van der Waals surface area contributed by atoms with Crippen LogP contribution in [-0.2, 0) is 0 Å². The molecule has 21 heavy (non-hydrogen) atoms. The molecule has 0 aliphatic rings. The smallest absolute Gasteiger partial charge is 0.165 e. The van der Waals surface area contributed by atoms with Gasteiger partial charge in [0.2, 0.25) is 0 Å². The standard InChI is InChI=1S/C18H22FNO/c1-14(12-13-20(2)3)15-8-10-16(11-9-15)21-18-7-5-4-6-17(18)19/h4-11,14H,12-13H2,1-3H3. The van der Waals surface area contributed by atoms with E-state index in [-0.39, 0.29) is 11.6 Å². The number of benzene rings is 2. The van der Waals surface area contributed by atoms with E-state index in [0.29, 0.717) is 11.7 Å². The van der Waals surface area contributed by atoms with Crippen LogP contribution in [0.5, 0.6) is 11.5 Å². The summed E-state index contributed by atoms with van der Waals surface area (Å²) in [5, 5.41) is 0. The fourth-order valence-corrected chi connectivity index (χ4v) is 2.14. The zero-order chi connectivity index (χ0) is 15.2. The Morgan fingerprint density at radius 2 is 1.71 bits per heavy atom. The maximum absolute atomic E-state index is 13.5. The third kappa shape index (κ3) is 4.57. The van der Waals surface area contributed by atoms with Crippen molar-refractivity contribution in [3.8, 4) is 11.5 Å². The van der Waals surface area contributed by atoms with Gasteiger partial charge in [0.1, 0.15) is 5.75 Å². The molecular formula is C18H22FNO. The van der Waals surface area contributed by atoms with Crippen LogP contribution in [0.1, 0.15) is 24.8 Å².